The standard InChI is InChI=1S/C17H26N4O5/c1-3-4-5-8-13(11-21(25)12-22)16(23)19-20-17(24)18-14-9-6-7-10-15(14)26-2/h6-7,9-10,12-13,25H,3-5,8,11H2,1-2H3,(H,19,23)(H2,18,20,24)/t13-/m1/s1. The van der Waals surface area contributed by atoms with Gasteiger partial charge in [-0.15, -0.1) is 0 Å². The first-order valence-electron chi connectivity index (χ1n) is 8.42. The smallest absolute Gasteiger partial charge is 0.338 e. The predicted octanol–water partition coefficient (Wildman–Crippen LogP) is 1.89. The molecule has 9 nitrogen and oxygen atoms in total. The van der Waals surface area contributed by atoms with Crippen molar-refractivity contribution in [1.82, 2.24) is 15.9 Å². The average Bonchev–Trinajstić information content (AvgIpc) is 2.65. The summed E-state index contributed by atoms with van der Waals surface area (Å²) >= 11 is 0. The van der Waals surface area contributed by atoms with Gasteiger partial charge in [-0.2, -0.15) is 0 Å². The van der Waals surface area contributed by atoms with Crippen LogP contribution in [0.3, 0.4) is 0 Å². The number of carbonyl (C=O) groups is 3. The van der Waals surface area contributed by atoms with Gasteiger partial charge in [0, 0.05) is 0 Å². The van der Waals surface area contributed by atoms with Crippen LogP contribution in [0.25, 0.3) is 0 Å². The Morgan fingerprint density at radius 1 is 1.27 bits per heavy atom. The molecule has 9 heteroatoms. The number of unbranched alkanes of at least 4 members (excludes halogenated alkanes) is 2. The lowest BCUT2D eigenvalue weighted by molar-refractivity contribution is -0.154. The molecule has 1 rings (SSSR count). The van der Waals surface area contributed by atoms with Gasteiger partial charge in [-0.1, -0.05) is 38.3 Å². The molecular weight excluding hydrogens is 340 g/mol. The van der Waals surface area contributed by atoms with Crippen LogP contribution in [-0.2, 0) is 9.59 Å². The van der Waals surface area contributed by atoms with E-state index in [0.29, 0.717) is 22.9 Å². The van der Waals surface area contributed by atoms with Gasteiger partial charge in [0.25, 0.3) is 0 Å². The van der Waals surface area contributed by atoms with Gasteiger partial charge in [0.2, 0.25) is 12.3 Å². The Bertz CT molecular complexity index is 596. The Labute approximate surface area is 152 Å². The van der Waals surface area contributed by atoms with E-state index in [0.717, 1.165) is 19.3 Å². The van der Waals surface area contributed by atoms with Crippen molar-refractivity contribution >= 4 is 24.0 Å². The number of amides is 4. The van der Waals surface area contributed by atoms with E-state index >= 15 is 0 Å². The minimum atomic E-state index is -0.647. The number of urea groups is 1. The summed E-state index contributed by atoms with van der Waals surface area (Å²) in [6.45, 7) is 1.89. The van der Waals surface area contributed by atoms with Crippen LogP contribution in [0, 0.1) is 5.92 Å². The van der Waals surface area contributed by atoms with Gasteiger partial charge in [-0.05, 0) is 18.6 Å². The first kappa shape index (κ1) is 21.2. The number of carbonyl (C=O) groups excluding carboxylic acids is 3. The summed E-state index contributed by atoms with van der Waals surface area (Å²) in [5.74, 6) is -0.645. The highest BCUT2D eigenvalue weighted by atomic mass is 16.5. The number of hydrogen-bond donors (Lipinski definition) is 4. The molecule has 1 aromatic carbocycles. The molecular formula is C17H26N4O5. The Balaban J connectivity index is 2.56. The zero-order chi connectivity index (χ0) is 19.4. The molecule has 26 heavy (non-hydrogen) atoms. The van der Waals surface area contributed by atoms with E-state index < -0.39 is 17.9 Å². The molecule has 0 aliphatic rings. The number of methoxy groups -OCH3 is 1. The number of nitrogens with zero attached hydrogens (tertiary/aromatic N) is 1. The molecule has 0 aliphatic carbocycles. The lowest BCUT2D eigenvalue weighted by Gasteiger charge is -2.20. The predicted molar refractivity (Wildman–Crippen MR) is 95.5 cm³/mol. The van der Waals surface area contributed by atoms with E-state index in [4.69, 9.17) is 4.74 Å². The van der Waals surface area contributed by atoms with Crippen LogP contribution in [-0.4, -0.2) is 42.3 Å². The largest absolute Gasteiger partial charge is 0.495 e. The normalized spacial score (nSPS) is 11.2. The van der Waals surface area contributed by atoms with Gasteiger partial charge in [-0.3, -0.25) is 20.2 Å². The summed E-state index contributed by atoms with van der Waals surface area (Å²) in [7, 11) is 1.48. The van der Waals surface area contributed by atoms with Gasteiger partial charge < -0.3 is 10.1 Å². The third-order valence-electron chi connectivity index (χ3n) is 3.71. The zero-order valence-corrected chi connectivity index (χ0v) is 15.0. The number of hydrogen-bond acceptors (Lipinski definition) is 5. The second kappa shape index (κ2) is 11.7. The van der Waals surface area contributed by atoms with E-state index in [9.17, 15) is 19.6 Å². The highest BCUT2D eigenvalue weighted by Gasteiger charge is 2.21. The first-order valence-corrected chi connectivity index (χ1v) is 8.42. The van der Waals surface area contributed by atoms with E-state index in [2.05, 4.69) is 16.2 Å². The molecule has 4 amide bonds. The topological polar surface area (TPSA) is 120 Å². The summed E-state index contributed by atoms with van der Waals surface area (Å²) in [6.07, 6.45) is 3.40. The number of para-hydroxylation sites is 2. The van der Waals surface area contributed by atoms with Gasteiger partial charge in [0.05, 0.1) is 25.3 Å². The van der Waals surface area contributed by atoms with Crippen molar-refractivity contribution in [3.05, 3.63) is 24.3 Å². The van der Waals surface area contributed by atoms with Crippen molar-refractivity contribution in [2.75, 3.05) is 19.0 Å². The van der Waals surface area contributed by atoms with Crippen molar-refractivity contribution in [2.24, 2.45) is 5.92 Å². The van der Waals surface area contributed by atoms with E-state index in [1.807, 2.05) is 6.92 Å². The van der Waals surface area contributed by atoms with E-state index in [1.165, 1.54) is 7.11 Å². The Morgan fingerprint density at radius 2 is 2.00 bits per heavy atom. The molecule has 1 aromatic rings. The molecule has 4 N–H and O–H groups in total. The molecule has 0 aromatic heterocycles. The van der Waals surface area contributed by atoms with Crippen molar-refractivity contribution in [3.8, 4) is 5.75 Å². The monoisotopic (exact) mass is 366 g/mol. The van der Waals surface area contributed by atoms with Crippen LogP contribution in [0.4, 0.5) is 10.5 Å². The molecule has 0 radical (unpaired) electrons. The first-order chi connectivity index (χ1) is 12.5. The van der Waals surface area contributed by atoms with Crippen LogP contribution in [0.2, 0.25) is 0 Å². The summed E-state index contributed by atoms with van der Waals surface area (Å²) in [5, 5.41) is 12.3. The molecule has 1 atom stereocenters. The number of anilines is 1. The van der Waals surface area contributed by atoms with Crippen molar-refractivity contribution in [1.29, 1.82) is 0 Å². The van der Waals surface area contributed by atoms with E-state index in [1.54, 1.807) is 24.3 Å². The highest BCUT2D eigenvalue weighted by molar-refractivity contribution is 5.92. The molecule has 0 fully saturated rings. The molecule has 0 spiro atoms. The second-order valence-electron chi connectivity index (χ2n) is 5.69. The Kier molecular flexibility index (Phi) is 9.55. The summed E-state index contributed by atoms with van der Waals surface area (Å²) in [4.78, 5) is 34.7. The van der Waals surface area contributed by atoms with Crippen LogP contribution in [0.15, 0.2) is 24.3 Å². The number of nitrogens with one attached hydrogen (secondary N) is 3. The van der Waals surface area contributed by atoms with Crippen LogP contribution in [0.5, 0.6) is 5.75 Å². The van der Waals surface area contributed by atoms with Gasteiger partial charge in [-0.25, -0.2) is 15.3 Å². The number of hydrazine groups is 1. The van der Waals surface area contributed by atoms with Crippen LogP contribution >= 0.6 is 0 Å². The minimum Gasteiger partial charge on any atom is -0.495 e. The van der Waals surface area contributed by atoms with Crippen molar-refractivity contribution < 1.29 is 24.3 Å². The molecule has 0 unspecified atom stereocenters. The fourth-order valence-electron chi connectivity index (χ4n) is 2.34. The lowest BCUT2D eigenvalue weighted by atomic mass is 10.0. The average molecular weight is 366 g/mol. The van der Waals surface area contributed by atoms with Crippen LogP contribution in [0.1, 0.15) is 32.6 Å². The maximum atomic E-state index is 12.2. The van der Waals surface area contributed by atoms with Gasteiger partial charge in [0.15, 0.2) is 0 Å². The summed E-state index contributed by atoms with van der Waals surface area (Å²) in [5.41, 5.74) is 5.00. The third-order valence-corrected chi connectivity index (χ3v) is 3.71. The SMILES string of the molecule is CCCCC[C@H](CN(O)C=O)C(=O)NNC(=O)Nc1ccccc1OC. The number of benzene rings is 1. The van der Waals surface area contributed by atoms with E-state index in [-0.39, 0.29) is 13.0 Å². The fourth-order valence-corrected chi connectivity index (χ4v) is 2.34. The second-order valence-corrected chi connectivity index (χ2v) is 5.69. The third kappa shape index (κ3) is 7.39. The minimum absolute atomic E-state index is 0.144. The zero-order valence-electron chi connectivity index (χ0n) is 15.0. The van der Waals surface area contributed by atoms with Crippen molar-refractivity contribution in [2.45, 2.75) is 32.6 Å². The summed E-state index contributed by atoms with van der Waals surface area (Å²) in [6, 6.07) is 6.19. The maximum absolute atomic E-state index is 12.2. The Morgan fingerprint density at radius 3 is 2.65 bits per heavy atom. The lowest BCUT2D eigenvalue weighted by Crippen LogP contribution is -2.48. The highest BCUT2D eigenvalue weighted by Crippen LogP contribution is 2.22. The van der Waals surface area contributed by atoms with Crippen molar-refractivity contribution in [3.63, 3.8) is 0 Å². The van der Waals surface area contributed by atoms with Gasteiger partial charge in [0.1, 0.15) is 5.75 Å². The van der Waals surface area contributed by atoms with Gasteiger partial charge >= 0.3 is 6.03 Å². The number of hydroxylamine groups is 2. The quantitative estimate of drug-likeness (QED) is 0.218. The summed E-state index contributed by atoms with van der Waals surface area (Å²) < 4.78 is 5.12. The molecule has 0 saturated heterocycles. The fraction of sp³-hybridized carbons (Fsp3) is 0.471. The molecule has 0 heterocycles. The molecule has 0 aliphatic heterocycles. The number of ether oxygens (including phenoxy) is 1. The molecule has 144 valence electrons. The number of rotatable bonds is 10. The molecule has 0 bridgehead atoms. The maximum Gasteiger partial charge on any atom is 0.338 e. The van der Waals surface area contributed by atoms with Crippen LogP contribution < -0.4 is 20.9 Å². The Hall–Kier alpha value is -2.81. The molecule has 0 saturated carbocycles.